The van der Waals surface area contributed by atoms with E-state index >= 15 is 0 Å². The predicted molar refractivity (Wildman–Crippen MR) is 55.4 cm³/mol. The molecule has 1 aliphatic carbocycles. The molecule has 0 saturated heterocycles. The highest BCUT2D eigenvalue weighted by atomic mass is 16.7. The van der Waals surface area contributed by atoms with E-state index in [1.54, 1.807) is 0 Å². The highest BCUT2D eigenvalue weighted by Crippen LogP contribution is 2.53. The van der Waals surface area contributed by atoms with E-state index in [1.165, 1.54) is 7.11 Å². The molecule has 2 atom stereocenters. The fraction of sp³-hybridized carbons (Fsp3) is 0.818. The number of carbonyl (C=O) groups excluding carboxylic acids is 1. The summed E-state index contributed by atoms with van der Waals surface area (Å²) in [5, 5.41) is 3.94. The van der Waals surface area contributed by atoms with Gasteiger partial charge in [-0.3, -0.25) is 0 Å². The topological polar surface area (TPSA) is 47.9 Å². The van der Waals surface area contributed by atoms with E-state index in [4.69, 9.17) is 9.57 Å². The van der Waals surface area contributed by atoms with Crippen molar-refractivity contribution in [1.29, 1.82) is 0 Å². The Morgan fingerprint density at radius 2 is 2.27 bits per heavy atom. The first kappa shape index (κ1) is 10.5. The maximum Gasteiger partial charge on any atom is 0.353 e. The minimum absolute atomic E-state index is 0.0833. The van der Waals surface area contributed by atoms with Crippen LogP contribution in [-0.2, 0) is 14.4 Å². The van der Waals surface area contributed by atoms with Gasteiger partial charge in [0, 0.05) is 6.42 Å². The van der Waals surface area contributed by atoms with Crippen molar-refractivity contribution in [3.05, 3.63) is 0 Å². The molecule has 0 radical (unpaired) electrons. The fourth-order valence-corrected chi connectivity index (χ4v) is 2.85. The minimum Gasteiger partial charge on any atom is -0.466 e. The zero-order chi connectivity index (χ0) is 11.3. The van der Waals surface area contributed by atoms with Gasteiger partial charge in [0.1, 0.15) is 0 Å². The molecule has 0 aromatic rings. The van der Waals surface area contributed by atoms with Crippen molar-refractivity contribution in [2.24, 2.45) is 16.5 Å². The lowest BCUT2D eigenvalue weighted by atomic mass is 9.88. The van der Waals surface area contributed by atoms with Crippen LogP contribution >= 0.6 is 0 Å². The van der Waals surface area contributed by atoms with E-state index < -0.39 is 5.60 Å². The predicted octanol–water partition coefficient (Wildman–Crippen LogP) is 1.74. The molecule has 4 nitrogen and oxygen atoms in total. The maximum absolute atomic E-state index is 11.8. The van der Waals surface area contributed by atoms with Gasteiger partial charge in [0.2, 0.25) is 5.60 Å². The minimum atomic E-state index is -0.845. The van der Waals surface area contributed by atoms with Crippen LogP contribution in [0.1, 0.15) is 33.6 Å². The fourth-order valence-electron chi connectivity index (χ4n) is 2.85. The van der Waals surface area contributed by atoms with Crippen molar-refractivity contribution in [2.75, 3.05) is 7.11 Å². The van der Waals surface area contributed by atoms with Crippen LogP contribution < -0.4 is 0 Å². The number of nitrogens with zero attached hydrogens (tertiary/aromatic N) is 1. The summed E-state index contributed by atoms with van der Waals surface area (Å²) in [6.45, 7) is 6.20. The van der Waals surface area contributed by atoms with Crippen LogP contribution in [0.2, 0.25) is 0 Å². The van der Waals surface area contributed by atoms with Gasteiger partial charge in [0.25, 0.3) is 0 Å². The molecule has 1 saturated carbocycles. The summed E-state index contributed by atoms with van der Waals surface area (Å²) in [5.74, 6) is -0.210. The molecule has 2 aliphatic rings. The van der Waals surface area contributed by atoms with E-state index in [9.17, 15) is 4.79 Å². The zero-order valence-electron chi connectivity index (χ0n) is 9.66. The number of hydrogen-bond donors (Lipinski definition) is 0. The number of esters is 1. The monoisotopic (exact) mass is 211 g/mol. The van der Waals surface area contributed by atoms with Gasteiger partial charge in [-0.05, 0) is 18.8 Å². The lowest BCUT2D eigenvalue weighted by Gasteiger charge is -2.24. The number of ether oxygens (including phenoxy) is 1. The average Bonchev–Trinajstić information content (AvgIpc) is 2.60. The lowest BCUT2D eigenvalue weighted by molar-refractivity contribution is -0.169. The molecule has 1 heterocycles. The van der Waals surface area contributed by atoms with Crippen LogP contribution in [0, 0.1) is 11.3 Å². The molecule has 84 valence electrons. The van der Waals surface area contributed by atoms with E-state index in [0.29, 0.717) is 6.42 Å². The van der Waals surface area contributed by atoms with Crippen LogP contribution in [0.4, 0.5) is 0 Å². The van der Waals surface area contributed by atoms with Gasteiger partial charge in [-0.25, -0.2) is 4.79 Å². The van der Waals surface area contributed by atoms with Crippen molar-refractivity contribution in [3.63, 3.8) is 0 Å². The van der Waals surface area contributed by atoms with Crippen molar-refractivity contribution in [1.82, 2.24) is 0 Å². The van der Waals surface area contributed by atoms with Crippen LogP contribution in [0.25, 0.3) is 0 Å². The first-order valence-electron chi connectivity index (χ1n) is 5.22. The Morgan fingerprint density at radius 1 is 1.60 bits per heavy atom. The molecule has 1 aliphatic heterocycles. The summed E-state index contributed by atoms with van der Waals surface area (Å²) < 4.78 is 4.84. The average molecular weight is 211 g/mol. The quantitative estimate of drug-likeness (QED) is 0.621. The molecule has 2 unspecified atom stereocenters. The second-order valence-corrected chi connectivity index (χ2v) is 5.30. The third kappa shape index (κ3) is 1.34. The molecule has 0 aromatic heterocycles. The number of rotatable bonds is 1. The Hall–Kier alpha value is -1.06. The van der Waals surface area contributed by atoms with Crippen LogP contribution in [0.5, 0.6) is 0 Å². The molecule has 15 heavy (non-hydrogen) atoms. The van der Waals surface area contributed by atoms with E-state index in [-0.39, 0.29) is 17.3 Å². The second kappa shape index (κ2) is 2.97. The number of hydrogen-bond acceptors (Lipinski definition) is 4. The molecule has 1 fully saturated rings. The van der Waals surface area contributed by atoms with Crippen LogP contribution in [0.3, 0.4) is 0 Å². The Morgan fingerprint density at radius 3 is 2.87 bits per heavy atom. The normalized spacial score (nSPS) is 36.8. The summed E-state index contributed by atoms with van der Waals surface area (Å²) in [6.07, 6.45) is 1.61. The lowest BCUT2D eigenvalue weighted by Crippen LogP contribution is -2.43. The Labute approximate surface area is 89.6 Å². The standard InChI is InChI=1S/C11H17NO3/c1-7-8-5-10(2,3)6-11(8,15-12-7)9(13)14-4/h8H,5-6H2,1-4H3. The van der Waals surface area contributed by atoms with Gasteiger partial charge in [0.15, 0.2) is 0 Å². The number of fused-ring (bicyclic) bond motifs is 1. The summed E-state index contributed by atoms with van der Waals surface area (Å²) >= 11 is 0. The zero-order valence-corrected chi connectivity index (χ0v) is 9.66. The van der Waals surface area contributed by atoms with E-state index in [2.05, 4.69) is 19.0 Å². The Bertz CT molecular complexity index is 335. The molecule has 0 aromatic carbocycles. The number of methoxy groups -OCH3 is 1. The molecular weight excluding hydrogens is 194 g/mol. The third-order valence-electron chi connectivity index (χ3n) is 3.45. The largest absolute Gasteiger partial charge is 0.466 e. The highest BCUT2D eigenvalue weighted by molar-refractivity contribution is 5.95. The summed E-state index contributed by atoms with van der Waals surface area (Å²) in [6, 6.07) is 0. The Balaban J connectivity index is 2.35. The van der Waals surface area contributed by atoms with Gasteiger partial charge in [0.05, 0.1) is 18.7 Å². The van der Waals surface area contributed by atoms with Crippen molar-refractivity contribution in [2.45, 2.75) is 39.2 Å². The van der Waals surface area contributed by atoms with Crippen molar-refractivity contribution in [3.8, 4) is 0 Å². The van der Waals surface area contributed by atoms with Crippen molar-refractivity contribution >= 4 is 11.7 Å². The molecule has 0 spiro atoms. The molecule has 2 rings (SSSR count). The van der Waals surface area contributed by atoms with E-state index in [0.717, 1.165) is 12.1 Å². The van der Waals surface area contributed by atoms with Crippen molar-refractivity contribution < 1.29 is 14.4 Å². The molecule has 0 amide bonds. The number of carbonyl (C=O) groups is 1. The molecule has 0 N–H and O–H groups in total. The molecule has 4 heteroatoms. The summed E-state index contributed by atoms with van der Waals surface area (Å²) in [7, 11) is 1.40. The van der Waals surface area contributed by atoms with Gasteiger partial charge in [-0.2, -0.15) is 0 Å². The smallest absolute Gasteiger partial charge is 0.353 e. The first-order chi connectivity index (χ1) is 6.91. The SMILES string of the molecule is COC(=O)C12CC(C)(C)CC1C(C)=NO2. The first-order valence-corrected chi connectivity index (χ1v) is 5.22. The van der Waals surface area contributed by atoms with E-state index in [1.807, 2.05) is 6.92 Å². The van der Waals surface area contributed by atoms with Gasteiger partial charge in [-0.1, -0.05) is 19.0 Å². The van der Waals surface area contributed by atoms with Gasteiger partial charge < -0.3 is 9.57 Å². The van der Waals surface area contributed by atoms with Crippen LogP contribution in [-0.4, -0.2) is 24.4 Å². The van der Waals surface area contributed by atoms with Gasteiger partial charge in [-0.15, -0.1) is 0 Å². The van der Waals surface area contributed by atoms with Gasteiger partial charge >= 0.3 is 5.97 Å². The van der Waals surface area contributed by atoms with Crippen LogP contribution in [0.15, 0.2) is 5.16 Å². The summed E-state index contributed by atoms with van der Waals surface area (Å²) in [5.41, 5.74) is 0.171. The number of oxime groups is 1. The molecule has 0 bridgehead atoms. The molecular formula is C11H17NO3. The maximum atomic E-state index is 11.8. The highest BCUT2D eigenvalue weighted by Gasteiger charge is 2.62. The second-order valence-electron chi connectivity index (χ2n) is 5.30. The third-order valence-corrected chi connectivity index (χ3v) is 3.45. The summed E-state index contributed by atoms with van der Waals surface area (Å²) in [4.78, 5) is 17.2. The Kier molecular flexibility index (Phi) is 2.07.